The number of carbonyl (C=O) groups is 3. The van der Waals surface area contributed by atoms with E-state index in [9.17, 15) is 19.5 Å². The highest BCUT2D eigenvalue weighted by molar-refractivity contribution is 7.98. The number of aromatic hydroxyl groups is 1. The lowest BCUT2D eigenvalue weighted by Crippen LogP contribution is -2.52. The minimum absolute atomic E-state index is 0.0688. The fraction of sp³-hybridized carbons (Fsp3) is 0.625. The van der Waals surface area contributed by atoms with E-state index in [0.29, 0.717) is 24.3 Å². The Morgan fingerprint density at radius 1 is 1.15 bits per heavy atom. The lowest BCUT2D eigenvalue weighted by Gasteiger charge is -2.31. The van der Waals surface area contributed by atoms with Gasteiger partial charge in [0.05, 0.1) is 0 Å². The SMILES string of the molecule is CCCCCNC(=O)C(c1ccc(O)cc1)N(C)C(=O)C(CCSC)NC(=O)OC(C)(C)C. The second kappa shape index (κ2) is 14.0. The molecule has 33 heavy (non-hydrogen) atoms. The minimum atomic E-state index is -0.906. The van der Waals surface area contributed by atoms with Crippen LogP contribution < -0.4 is 10.6 Å². The Hall–Kier alpha value is -2.42. The third-order valence-corrected chi connectivity index (χ3v) is 5.52. The first-order valence-electron chi connectivity index (χ1n) is 11.3. The second-order valence-electron chi connectivity index (χ2n) is 8.92. The van der Waals surface area contributed by atoms with Gasteiger partial charge in [0.15, 0.2) is 0 Å². The minimum Gasteiger partial charge on any atom is -0.508 e. The van der Waals surface area contributed by atoms with Crippen LogP contribution in [0, 0.1) is 0 Å². The van der Waals surface area contributed by atoms with Crippen molar-refractivity contribution in [1.82, 2.24) is 15.5 Å². The normalized spacial score (nSPS) is 13.0. The summed E-state index contributed by atoms with van der Waals surface area (Å²) in [4.78, 5) is 40.2. The van der Waals surface area contributed by atoms with E-state index in [4.69, 9.17) is 4.74 Å². The number of ether oxygens (including phenoxy) is 1. The average Bonchev–Trinajstić information content (AvgIpc) is 2.73. The Balaban J connectivity index is 3.12. The zero-order valence-corrected chi connectivity index (χ0v) is 21.5. The first-order chi connectivity index (χ1) is 15.5. The molecule has 0 spiro atoms. The molecular formula is C24H39N3O5S. The number of alkyl carbamates (subject to hydrolysis) is 1. The maximum absolute atomic E-state index is 13.4. The molecule has 1 aromatic carbocycles. The van der Waals surface area contributed by atoms with Crippen molar-refractivity contribution in [3.63, 3.8) is 0 Å². The van der Waals surface area contributed by atoms with Gasteiger partial charge in [-0.1, -0.05) is 31.9 Å². The number of nitrogens with one attached hydrogen (secondary N) is 2. The fourth-order valence-electron chi connectivity index (χ4n) is 3.21. The van der Waals surface area contributed by atoms with Crippen molar-refractivity contribution in [3.8, 4) is 5.75 Å². The summed E-state index contributed by atoms with van der Waals surface area (Å²) < 4.78 is 5.33. The van der Waals surface area contributed by atoms with Gasteiger partial charge in [-0.3, -0.25) is 9.59 Å². The number of rotatable bonds is 12. The maximum Gasteiger partial charge on any atom is 0.408 e. The van der Waals surface area contributed by atoms with Gasteiger partial charge in [-0.05, 0) is 63.3 Å². The van der Waals surface area contributed by atoms with Crippen LogP contribution >= 0.6 is 11.8 Å². The van der Waals surface area contributed by atoms with E-state index in [1.807, 2.05) is 6.26 Å². The Bertz CT molecular complexity index is 764. The van der Waals surface area contributed by atoms with Crippen molar-refractivity contribution in [2.24, 2.45) is 0 Å². The highest BCUT2D eigenvalue weighted by Gasteiger charge is 2.33. The van der Waals surface area contributed by atoms with Crippen LogP contribution in [-0.4, -0.2) is 65.2 Å². The number of nitrogens with zero attached hydrogens (tertiary/aromatic N) is 1. The van der Waals surface area contributed by atoms with Gasteiger partial charge in [-0.2, -0.15) is 11.8 Å². The summed E-state index contributed by atoms with van der Waals surface area (Å²) in [5.41, 5.74) is -0.131. The molecule has 0 saturated heterocycles. The molecule has 2 unspecified atom stereocenters. The number of likely N-dealkylation sites (N-methyl/N-ethyl adjacent to an activating group) is 1. The van der Waals surface area contributed by atoms with Gasteiger partial charge < -0.3 is 25.4 Å². The van der Waals surface area contributed by atoms with Gasteiger partial charge in [0.2, 0.25) is 11.8 Å². The van der Waals surface area contributed by atoms with Crippen LogP contribution in [0.4, 0.5) is 4.79 Å². The first kappa shape index (κ1) is 28.6. The summed E-state index contributed by atoms with van der Waals surface area (Å²) >= 11 is 1.56. The quantitative estimate of drug-likeness (QED) is 0.392. The third-order valence-electron chi connectivity index (χ3n) is 4.87. The summed E-state index contributed by atoms with van der Waals surface area (Å²) in [7, 11) is 1.55. The zero-order valence-electron chi connectivity index (χ0n) is 20.6. The van der Waals surface area contributed by atoms with E-state index in [1.165, 1.54) is 17.0 Å². The summed E-state index contributed by atoms with van der Waals surface area (Å²) in [5.74, 6) is 0.0112. The molecule has 186 valence electrons. The number of unbranched alkanes of at least 4 members (excludes halogenated alkanes) is 2. The molecule has 2 atom stereocenters. The van der Waals surface area contributed by atoms with Gasteiger partial charge in [0.25, 0.3) is 0 Å². The molecule has 0 aromatic heterocycles. The molecule has 0 heterocycles. The average molecular weight is 482 g/mol. The number of hydrogen-bond donors (Lipinski definition) is 3. The number of carbonyl (C=O) groups excluding carboxylic acids is 3. The van der Waals surface area contributed by atoms with Crippen LogP contribution in [-0.2, 0) is 14.3 Å². The Morgan fingerprint density at radius 2 is 1.79 bits per heavy atom. The molecule has 1 aromatic rings. The molecule has 1 rings (SSSR count). The molecule has 0 bridgehead atoms. The van der Waals surface area contributed by atoms with Crippen molar-refractivity contribution in [2.45, 2.75) is 71.1 Å². The van der Waals surface area contributed by atoms with Gasteiger partial charge in [-0.25, -0.2) is 4.79 Å². The van der Waals surface area contributed by atoms with Crippen molar-refractivity contribution in [1.29, 1.82) is 0 Å². The lowest BCUT2D eigenvalue weighted by molar-refractivity contribution is -0.140. The number of thioether (sulfide) groups is 1. The monoisotopic (exact) mass is 481 g/mol. The van der Waals surface area contributed by atoms with Crippen LogP contribution in [0.15, 0.2) is 24.3 Å². The summed E-state index contributed by atoms with van der Waals surface area (Å²) in [6.45, 7) is 7.85. The number of phenols is 1. The van der Waals surface area contributed by atoms with E-state index >= 15 is 0 Å². The van der Waals surface area contributed by atoms with E-state index in [2.05, 4.69) is 17.6 Å². The second-order valence-corrected chi connectivity index (χ2v) is 9.91. The van der Waals surface area contributed by atoms with Crippen molar-refractivity contribution < 1.29 is 24.2 Å². The maximum atomic E-state index is 13.4. The van der Waals surface area contributed by atoms with E-state index in [-0.39, 0.29) is 11.7 Å². The third kappa shape index (κ3) is 10.4. The summed E-state index contributed by atoms with van der Waals surface area (Å²) in [6.07, 6.45) is 4.50. The van der Waals surface area contributed by atoms with Crippen molar-refractivity contribution in [3.05, 3.63) is 29.8 Å². The molecule has 3 N–H and O–H groups in total. The molecule has 0 aliphatic carbocycles. The molecule has 0 radical (unpaired) electrons. The number of benzene rings is 1. The number of phenolic OH excluding ortho intramolecular Hbond substituents is 1. The molecule has 0 aliphatic heterocycles. The molecule has 3 amide bonds. The van der Waals surface area contributed by atoms with Gasteiger partial charge in [-0.15, -0.1) is 0 Å². The predicted octanol–water partition coefficient (Wildman–Crippen LogP) is 3.84. The molecule has 0 aliphatic rings. The molecule has 8 nitrogen and oxygen atoms in total. The Kier molecular flexibility index (Phi) is 12.1. The van der Waals surface area contributed by atoms with Crippen LogP contribution in [0.2, 0.25) is 0 Å². The highest BCUT2D eigenvalue weighted by atomic mass is 32.2. The van der Waals surface area contributed by atoms with Gasteiger partial charge >= 0.3 is 6.09 Å². The van der Waals surface area contributed by atoms with Crippen molar-refractivity contribution in [2.75, 3.05) is 25.6 Å². The fourth-order valence-corrected chi connectivity index (χ4v) is 3.68. The summed E-state index contributed by atoms with van der Waals surface area (Å²) in [5, 5.41) is 15.2. The van der Waals surface area contributed by atoms with Crippen LogP contribution in [0.3, 0.4) is 0 Å². The van der Waals surface area contributed by atoms with Crippen molar-refractivity contribution >= 4 is 29.7 Å². The standard InChI is InChI=1S/C24H39N3O5S/c1-7-8-9-15-25-21(29)20(17-10-12-18(28)13-11-17)27(5)22(30)19(14-16-33-6)26-23(31)32-24(2,3)4/h10-13,19-20,28H,7-9,14-16H2,1-6H3,(H,25,29)(H,26,31). The van der Waals surface area contributed by atoms with Gasteiger partial charge in [0.1, 0.15) is 23.4 Å². The summed E-state index contributed by atoms with van der Waals surface area (Å²) in [6, 6.07) is 4.45. The highest BCUT2D eigenvalue weighted by Crippen LogP contribution is 2.24. The molecular weight excluding hydrogens is 442 g/mol. The number of amides is 3. The van der Waals surface area contributed by atoms with Gasteiger partial charge in [0, 0.05) is 13.6 Å². The van der Waals surface area contributed by atoms with Crippen LogP contribution in [0.5, 0.6) is 5.75 Å². The van der Waals surface area contributed by atoms with E-state index in [1.54, 1.807) is 51.7 Å². The van der Waals surface area contributed by atoms with E-state index < -0.39 is 29.7 Å². The topological polar surface area (TPSA) is 108 Å². The lowest BCUT2D eigenvalue weighted by atomic mass is 10.0. The van der Waals surface area contributed by atoms with Crippen LogP contribution in [0.25, 0.3) is 0 Å². The van der Waals surface area contributed by atoms with E-state index in [0.717, 1.165) is 19.3 Å². The Morgan fingerprint density at radius 3 is 2.33 bits per heavy atom. The Labute approximate surface area is 201 Å². The zero-order chi connectivity index (χ0) is 25.0. The molecule has 0 fully saturated rings. The predicted molar refractivity (Wildman–Crippen MR) is 132 cm³/mol. The molecule has 0 saturated carbocycles. The smallest absolute Gasteiger partial charge is 0.408 e. The van der Waals surface area contributed by atoms with Crippen LogP contribution in [0.1, 0.15) is 65.0 Å². The first-order valence-corrected chi connectivity index (χ1v) is 12.7. The largest absolute Gasteiger partial charge is 0.508 e. The molecule has 9 heteroatoms. The number of hydrogen-bond acceptors (Lipinski definition) is 6.